The van der Waals surface area contributed by atoms with E-state index in [1.165, 1.54) is 18.9 Å². The molecule has 0 spiro atoms. The monoisotopic (exact) mass is 197 g/mol. The lowest BCUT2D eigenvalue weighted by atomic mass is 10.2. The Morgan fingerprint density at radius 3 is 2.64 bits per heavy atom. The van der Waals surface area contributed by atoms with Crippen LogP contribution in [0.2, 0.25) is 0 Å². The van der Waals surface area contributed by atoms with E-state index in [1.807, 2.05) is 0 Å². The van der Waals surface area contributed by atoms with Crippen LogP contribution in [0.1, 0.15) is 12.8 Å². The highest BCUT2D eigenvalue weighted by molar-refractivity contribution is 5.31. The second kappa shape index (κ2) is 4.96. The van der Waals surface area contributed by atoms with E-state index in [4.69, 9.17) is 10.5 Å². The standard InChI is InChI=1S/C11H16FNO/c1-3-10(6-13)11(12)8(2)14-7-9-4-5-9/h3,9H,1-2,4-7,13H2/b11-10-. The zero-order valence-electron chi connectivity index (χ0n) is 8.26. The average Bonchev–Trinajstić information content (AvgIpc) is 2.99. The normalized spacial score (nSPS) is 17.3. The highest BCUT2D eigenvalue weighted by atomic mass is 19.1. The van der Waals surface area contributed by atoms with Crippen molar-refractivity contribution in [1.82, 2.24) is 0 Å². The number of ether oxygens (including phenoxy) is 1. The van der Waals surface area contributed by atoms with Crippen LogP contribution in [-0.4, -0.2) is 13.2 Å². The van der Waals surface area contributed by atoms with E-state index in [-0.39, 0.29) is 12.3 Å². The van der Waals surface area contributed by atoms with Crippen molar-refractivity contribution in [2.45, 2.75) is 12.8 Å². The lowest BCUT2D eigenvalue weighted by Crippen LogP contribution is -2.05. The maximum absolute atomic E-state index is 13.4. The van der Waals surface area contributed by atoms with Gasteiger partial charge in [0.15, 0.2) is 5.83 Å². The third kappa shape index (κ3) is 3.00. The Morgan fingerprint density at radius 1 is 1.57 bits per heavy atom. The first-order chi connectivity index (χ1) is 6.69. The lowest BCUT2D eigenvalue weighted by molar-refractivity contribution is 0.197. The molecule has 1 fully saturated rings. The summed E-state index contributed by atoms with van der Waals surface area (Å²) in [6.07, 6.45) is 3.73. The molecule has 14 heavy (non-hydrogen) atoms. The van der Waals surface area contributed by atoms with Gasteiger partial charge in [0.2, 0.25) is 0 Å². The molecule has 0 bridgehead atoms. The molecule has 0 aromatic heterocycles. The second-order valence-electron chi connectivity index (χ2n) is 3.43. The first kappa shape index (κ1) is 11.0. The fourth-order valence-corrected chi connectivity index (χ4v) is 1.01. The van der Waals surface area contributed by atoms with Gasteiger partial charge in [0.25, 0.3) is 0 Å². The molecule has 1 rings (SSSR count). The van der Waals surface area contributed by atoms with Crippen LogP contribution >= 0.6 is 0 Å². The van der Waals surface area contributed by atoms with Crippen LogP contribution in [0.5, 0.6) is 0 Å². The topological polar surface area (TPSA) is 35.2 Å². The van der Waals surface area contributed by atoms with Gasteiger partial charge in [-0.2, -0.15) is 0 Å². The van der Waals surface area contributed by atoms with E-state index in [9.17, 15) is 4.39 Å². The molecule has 0 radical (unpaired) electrons. The third-order valence-electron chi connectivity index (χ3n) is 2.18. The van der Waals surface area contributed by atoms with Crippen molar-refractivity contribution in [3.8, 4) is 0 Å². The second-order valence-corrected chi connectivity index (χ2v) is 3.43. The SMILES string of the molecule is C=C/C(CN)=C(/F)C(=C)OCC1CC1. The van der Waals surface area contributed by atoms with Gasteiger partial charge in [-0.3, -0.25) is 0 Å². The van der Waals surface area contributed by atoms with Gasteiger partial charge < -0.3 is 10.5 Å². The van der Waals surface area contributed by atoms with Crippen LogP contribution in [0.25, 0.3) is 0 Å². The van der Waals surface area contributed by atoms with Gasteiger partial charge in [-0.25, -0.2) is 4.39 Å². The summed E-state index contributed by atoms with van der Waals surface area (Å²) in [5, 5.41) is 0. The Bertz CT molecular complexity index is 266. The number of halogens is 1. The maximum atomic E-state index is 13.4. The van der Waals surface area contributed by atoms with E-state index in [2.05, 4.69) is 13.2 Å². The summed E-state index contributed by atoms with van der Waals surface area (Å²) in [5.41, 5.74) is 5.66. The van der Waals surface area contributed by atoms with Gasteiger partial charge in [0.05, 0.1) is 6.61 Å². The van der Waals surface area contributed by atoms with Crippen LogP contribution in [0.15, 0.2) is 36.4 Å². The van der Waals surface area contributed by atoms with Crippen LogP contribution in [-0.2, 0) is 4.74 Å². The molecule has 0 aromatic carbocycles. The maximum Gasteiger partial charge on any atom is 0.168 e. The summed E-state index contributed by atoms with van der Waals surface area (Å²) >= 11 is 0. The molecule has 3 heteroatoms. The molecule has 0 aromatic rings. The van der Waals surface area contributed by atoms with Crippen LogP contribution in [0, 0.1) is 5.92 Å². The van der Waals surface area contributed by atoms with E-state index in [0.29, 0.717) is 18.1 Å². The van der Waals surface area contributed by atoms with Gasteiger partial charge in [-0.05, 0) is 18.8 Å². The molecule has 0 unspecified atom stereocenters. The summed E-state index contributed by atoms with van der Waals surface area (Å²) in [6.45, 7) is 7.65. The van der Waals surface area contributed by atoms with Crippen molar-refractivity contribution < 1.29 is 9.13 Å². The molecule has 2 nitrogen and oxygen atoms in total. The molecular weight excluding hydrogens is 181 g/mol. The van der Waals surface area contributed by atoms with Crippen LogP contribution in [0.4, 0.5) is 4.39 Å². The smallest absolute Gasteiger partial charge is 0.168 e. The van der Waals surface area contributed by atoms with E-state index in [0.717, 1.165) is 0 Å². The highest BCUT2D eigenvalue weighted by Crippen LogP contribution is 2.30. The summed E-state index contributed by atoms with van der Waals surface area (Å²) in [4.78, 5) is 0. The molecule has 0 atom stereocenters. The Balaban J connectivity index is 2.47. The largest absolute Gasteiger partial charge is 0.491 e. The van der Waals surface area contributed by atoms with Crippen molar-refractivity contribution >= 4 is 0 Å². The minimum absolute atomic E-state index is 0.0669. The minimum atomic E-state index is -0.483. The van der Waals surface area contributed by atoms with Crippen molar-refractivity contribution in [3.05, 3.63) is 36.4 Å². The van der Waals surface area contributed by atoms with Crippen molar-refractivity contribution in [1.29, 1.82) is 0 Å². The predicted octanol–water partition coefficient (Wildman–Crippen LogP) is 2.29. The molecule has 78 valence electrons. The van der Waals surface area contributed by atoms with E-state index in [1.54, 1.807) is 0 Å². The quantitative estimate of drug-likeness (QED) is 0.523. The Hall–Kier alpha value is -1.09. The lowest BCUT2D eigenvalue weighted by Gasteiger charge is -2.08. The molecule has 2 N–H and O–H groups in total. The molecule has 1 aliphatic rings. The zero-order valence-corrected chi connectivity index (χ0v) is 8.26. The Labute approximate surface area is 83.9 Å². The molecule has 0 heterocycles. The van der Waals surface area contributed by atoms with E-state index >= 15 is 0 Å². The fourth-order valence-electron chi connectivity index (χ4n) is 1.01. The van der Waals surface area contributed by atoms with E-state index < -0.39 is 5.83 Å². The third-order valence-corrected chi connectivity index (χ3v) is 2.18. The van der Waals surface area contributed by atoms with Gasteiger partial charge in [-0.15, -0.1) is 0 Å². The number of hydrogen-bond acceptors (Lipinski definition) is 2. The summed E-state index contributed by atoms with van der Waals surface area (Å²) in [7, 11) is 0. The Kier molecular flexibility index (Phi) is 3.89. The Morgan fingerprint density at radius 2 is 2.21 bits per heavy atom. The van der Waals surface area contributed by atoms with Crippen molar-refractivity contribution in [3.63, 3.8) is 0 Å². The van der Waals surface area contributed by atoms with Crippen LogP contribution < -0.4 is 5.73 Å². The average molecular weight is 197 g/mol. The molecular formula is C11H16FNO. The number of nitrogens with two attached hydrogens (primary N) is 1. The first-order valence-electron chi connectivity index (χ1n) is 4.72. The number of rotatable bonds is 6. The molecule has 0 saturated heterocycles. The number of allylic oxidation sites excluding steroid dienone is 1. The summed E-state index contributed by atoms with van der Waals surface area (Å²) < 4.78 is 18.6. The van der Waals surface area contributed by atoms with Gasteiger partial charge in [0.1, 0.15) is 5.76 Å². The molecule has 1 saturated carbocycles. The van der Waals surface area contributed by atoms with Gasteiger partial charge in [-0.1, -0.05) is 19.2 Å². The molecule has 0 amide bonds. The highest BCUT2D eigenvalue weighted by Gasteiger charge is 2.22. The minimum Gasteiger partial charge on any atom is -0.491 e. The summed E-state index contributed by atoms with van der Waals surface area (Å²) in [6, 6.07) is 0. The summed E-state index contributed by atoms with van der Waals surface area (Å²) in [5.74, 6) is 0.171. The number of hydrogen-bond donors (Lipinski definition) is 1. The molecule has 0 aliphatic heterocycles. The predicted molar refractivity (Wildman–Crippen MR) is 55.2 cm³/mol. The van der Waals surface area contributed by atoms with Crippen molar-refractivity contribution in [2.75, 3.05) is 13.2 Å². The fraction of sp³-hybridized carbons (Fsp3) is 0.455. The first-order valence-corrected chi connectivity index (χ1v) is 4.72. The van der Waals surface area contributed by atoms with Gasteiger partial charge >= 0.3 is 0 Å². The van der Waals surface area contributed by atoms with Crippen molar-refractivity contribution in [2.24, 2.45) is 11.7 Å². The zero-order chi connectivity index (χ0) is 10.6. The van der Waals surface area contributed by atoms with Gasteiger partial charge in [0, 0.05) is 12.1 Å². The molecule has 1 aliphatic carbocycles. The van der Waals surface area contributed by atoms with Crippen LogP contribution in [0.3, 0.4) is 0 Å².